The van der Waals surface area contributed by atoms with Crippen LogP contribution in [0.5, 0.6) is 0 Å². The average Bonchev–Trinajstić information content (AvgIpc) is 2.64. The van der Waals surface area contributed by atoms with Crippen molar-refractivity contribution in [2.75, 3.05) is 10.6 Å². The van der Waals surface area contributed by atoms with Crippen LogP contribution in [0.2, 0.25) is 0 Å². The third-order valence-corrected chi connectivity index (χ3v) is 3.64. The summed E-state index contributed by atoms with van der Waals surface area (Å²) >= 11 is 0. The molecule has 1 aromatic heterocycles. The van der Waals surface area contributed by atoms with Crippen LogP contribution >= 0.6 is 0 Å². The van der Waals surface area contributed by atoms with E-state index in [0.29, 0.717) is 11.4 Å². The smallest absolute Gasteiger partial charge is 0.257 e. The molecule has 0 bridgehead atoms. The largest absolute Gasteiger partial charge is 0.322 e. The van der Waals surface area contributed by atoms with Crippen molar-refractivity contribution in [3.05, 3.63) is 89.5 Å². The second kappa shape index (κ2) is 7.57. The van der Waals surface area contributed by atoms with Crippen molar-refractivity contribution in [1.82, 2.24) is 4.98 Å². The number of hydrogen-bond acceptors (Lipinski definition) is 3. The van der Waals surface area contributed by atoms with Crippen LogP contribution in [0.25, 0.3) is 0 Å². The van der Waals surface area contributed by atoms with Crippen molar-refractivity contribution in [3.8, 4) is 0 Å². The molecule has 0 aliphatic rings. The molecule has 0 unspecified atom stereocenters. The van der Waals surface area contributed by atoms with Gasteiger partial charge in [0.15, 0.2) is 0 Å². The maximum atomic E-state index is 12.9. The zero-order chi connectivity index (χ0) is 18.5. The first-order chi connectivity index (χ1) is 12.5. The zero-order valence-electron chi connectivity index (χ0n) is 14.0. The summed E-state index contributed by atoms with van der Waals surface area (Å²) in [5.41, 5.74) is 2.63. The number of benzene rings is 2. The first-order valence-electron chi connectivity index (χ1n) is 7.91. The van der Waals surface area contributed by atoms with E-state index >= 15 is 0 Å². The van der Waals surface area contributed by atoms with Crippen molar-refractivity contribution in [2.24, 2.45) is 0 Å². The number of carbonyl (C=O) groups is 2. The van der Waals surface area contributed by atoms with E-state index in [0.717, 1.165) is 5.56 Å². The molecule has 26 heavy (non-hydrogen) atoms. The van der Waals surface area contributed by atoms with Gasteiger partial charge in [0.05, 0.1) is 11.1 Å². The minimum absolute atomic E-state index is 0.228. The molecule has 2 amide bonds. The third-order valence-electron chi connectivity index (χ3n) is 3.64. The Kier molecular flexibility index (Phi) is 5.03. The molecule has 0 atom stereocenters. The van der Waals surface area contributed by atoms with E-state index in [1.165, 1.54) is 42.7 Å². The van der Waals surface area contributed by atoms with E-state index in [4.69, 9.17) is 0 Å². The highest BCUT2D eigenvalue weighted by Crippen LogP contribution is 2.14. The summed E-state index contributed by atoms with van der Waals surface area (Å²) in [4.78, 5) is 28.6. The molecule has 1 heterocycles. The minimum Gasteiger partial charge on any atom is -0.322 e. The summed E-state index contributed by atoms with van der Waals surface area (Å²) in [5.74, 6) is -1.19. The van der Waals surface area contributed by atoms with E-state index in [1.807, 2.05) is 25.1 Å². The monoisotopic (exact) mass is 349 g/mol. The topological polar surface area (TPSA) is 71.1 Å². The van der Waals surface area contributed by atoms with Gasteiger partial charge in [0, 0.05) is 23.8 Å². The lowest BCUT2D eigenvalue weighted by molar-refractivity contribution is 0.102. The first-order valence-corrected chi connectivity index (χ1v) is 7.91. The van der Waals surface area contributed by atoms with Crippen molar-refractivity contribution >= 4 is 23.2 Å². The molecule has 2 aromatic carbocycles. The van der Waals surface area contributed by atoms with Crippen molar-refractivity contribution in [1.29, 1.82) is 0 Å². The number of amides is 2. The molecule has 0 aliphatic heterocycles. The average molecular weight is 349 g/mol. The Morgan fingerprint density at radius 3 is 2.08 bits per heavy atom. The summed E-state index contributed by atoms with van der Waals surface area (Å²) in [6, 6.07) is 14.3. The highest BCUT2D eigenvalue weighted by atomic mass is 19.1. The third kappa shape index (κ3) is 4.30. The van der Waals surface area contributed by atoms with Gasteiger partial charge in [-0.05, 0) is 55.0 Å². The summed E-state index contributed by atoms with van der Waals surface area (Å²) in [5, 5.41) is 5.40. The van der Waals surface area contributed by atoms with Gasteiger partial charge in [-0.25, -0.2) is 4.39 Å². The van der Waals surface area contributed by atoms with E-state index in [-0.39, 0.29) is 22.9 Å². The van der Waals surface area contributed by atoms with Gasteiger partial charge in [-0.3, -0.25) is 14.6 Å². The van der Waals surface area contributed by atoms with Gasteiger partial charge >= 0.3 is 0 Å². The maximum Gasteiger partial charge on any atom is 0.257 e. The van der Waals surface area contributed by atoms with E-state index in [1.54, 1.807) is 6.07 Å². The number of nitrogens with zero attached hydrogens (tertiary/aromatic N) is 1. The summed E-state index contributed by atoms with van der Waals surface area (Å²) in [7, 11) is 0. The van der Waals surface area contributed by atoms with Crippen molar-refractivity contribution in [3.63, 3.8) is 0 Å². The first kappa shape index (κ1) is 17.3. The van der Waals surface area contributed by atoms with Crippen molar-refractivity contribution in [2.45, 2.75) is 6.92 Å². The van der Waals surface area contributed by atoms with Crippen LogP contribution in [0.1, 0.15) is 26.3 Å². The SMILES string of the molecule is Cc1cccc(NC(=O)c2cncc(C(=O)Nc3ccc(F)cc3)c2)c1. The molecule has 0 radical (unpaired) electrons. The Bertz CT molecular complexity index is 955. The molecule has 0 aliphatic carbocycles. The maximum absolute atomic E-state index is 12.9. The molecular formula is C20H16FN3O2. The molecule has 0 fully saturated rings. The van der Waals surface area contributed by atoms with Gasteiger partial charge in [-0.15, -0.1) is 0 Å². The molecule has 130 valence electrons. The Labute approximate surface area is 149 Å². The fraction of sp³-hybridized carbons (Fsp3) is 0.0500. The van der Waals surface area contributed by atoms with Crippen molar-refractivity contribution < 1.29 is 14.0 Å². The number of aromatic nitrogens is 1. The fourth-order valence-electron chi connectivity index (χ4n) is 2.35. The second-order valence-electron chi connectivity index (χ2n) is 5.75. The molecule has 0 saturated carbocycles. The Balaban J connectivity index is 1.73. The van der Waals surface area contributed by atoms with Gasteiger partial charge in [0.2, 0.25) is 0 Å². The molecule has 6 heteroatoms. The van der Waals surface area contributed by atoms with Crippen LogP contribution < -0.4 is 10.6 Å². The Hall–Kier alpha value is -3.54. The van der Waals surface area contributed by atoms with Crippen LogP contribution in [0.4, 0.5) is 15.8 Å². The number of hydrogen-bond donors (Lipinski definition) is 2. The molecular weight excluding hydrogens is 333 g/mol. The van der Waals surface area contributed by atoms with E-state index < -0.39 is 5.91 Å². The Morgan fingerprint density at radius 1 is 0.846 bits per heavy atom. The number of rotatable bonds is 4. The van der Waals surface area contributed by atoms with Crippen LogP contribution in [0.3, 0.4) is 0 Å². The van der Waals surface area contributed by atoms with Crippen LogP contribution in [-0.4, -0.2) is 16.8 Å². The summed E-state index contributed by atoms with van der Waals surface area (Å²) in [6.45, 7) is 1.93. The predicted octanol–water partition coefficient (Wildman–Crippen LogP) is 4.03. The van der Waals surface area contributed by atoms with Gasteiger partial charge in [0.25, 0.3) is 11.8 Å². The highest BCUT2D eigenvalue weighted by molar-refractivity contribution is 6.08. The highest BCUT2D eigenvalue weighted by Gasteiger charge is 2.12. The van der Waals surface area contributed by atoms with Gasteiger partial charge < -0.3 is 10.6 Å². The normalized spacial score (nSPS) is 10.2. The van der Waals surface area contributed by atoms with Gasteiger partial charge in [0.1, 0.15) is 5.82 Å². The fourth-order valence-corrected chi connectivity index (χ4v) is 2.35. The van der Waals surface area contributed by atoms with E-state index in [2.05, 4.69) is 15.6 Å². The lowest BCUT2D eigenvalue weighted by atomic mass is 10.1. The number of carbonyl (C=O) groups excluding carboxylic acids is 2. The molecule has 0 spiro atoms. The molecule has 0 saturated heterocycles. The number of anilines is 2. The summed E-state index contributed by atoms with van der Waals surface area (Å²) < 4.78 is 12.9. The number of aryl methyl sites for hydroxylation is 1. The number of pyridine rings is 1. The molecule has 5 nitrogen and oxygen atoms in total. The van der Waals surface area contributed by atoms with Crippen LogP contribution in [0, 0.1) is 12.7 Å². The lowest BCUT2D eigenvalue weighted by Crippen LogP contribution is -2.16. The second-order valence-corrected chi connectivity index (χ2v) is 5.75. The zero-order valence-corrected chi connectivity index (χ0v) is 14.0. The van der Waals surface area contributed by atoms with Gasteiger partial charge in [-0.2, -0.15) is 0 Å². The molecule has 2 N–H and O–H groups in total. The standard InChI is InChI=1S/C20H16FN3O2/c1-13-3-2-4-18(9-13)24-20(26)15-10-14(11-22-12-15)19(25)23-17-7-5-16(21)6-8-17/h2-12H,1H3,(H,23,25)(H,24,26). The van der Waals surface area contributed by atoms with Crippen LogP contribution in [0.15, 0.2) is 67.0 Å². The number of halogens is 1. The van der Waals surface area contributed by atoms with Gasteiger partial charge in [-0.1, -0.05) is 12.1 Å². The number of nitrogens with one attached hydrogen (secondary N) is 2. The summed E-state index contributed by atoms with van der Waals surface area (Å²) in [6.07, 6.45) is 2.75. The lowest BCUT2D eigenvalue weighted by Gasteiger charge is -2.08. The van der Waals surface area contributed by atoms with E-state index in [9.17, 15) is 14.0 Å². The predicted molar refractivity (Wildman–Crippen MR) is 97.7 cm³/mol. The molecule has 3 aromatic rings. The quantitative estimate of drug-likeness (QED) is 0.747. The van der Waals surface area contributed by atoms with Crippen LogP contribution in [-0.2, 0) is 0 Å². The Morgan fingerprint density at radius 2 is 1.46 bits per heavy atom. The molecule has 3 rings (SSSR count). The minimum atomic E-state index is -0.436.